The Balaban J connectivity index is 2.02. The second kappa shape index (κ2) is 4.56. The molecule has 88 valence electrons. The lowest BCUT2D eigenvalue weighted by Gasteiger charge is -2.30. The molecule has 0 bridgehead atoms. The molecule has 1 N–H and O–H groups in total. The summed E-state index contributed by atoms with van der Waals surface area (Å²) in [6.07, 6.45) is 1.66. The van der Waals surface area contributed by atoms with Crippen LogP contribution in [-0.2, 0) is 13.1 Å². The molecule has 0 aromatic heterocycles. The highest BCUT2D eigenvalue weighted by atomic mass is 16.3. The number of nitrogens with zero attached hydrogens (tertiary/aromatic N) is 1. The second-order valence-electron chi connectivity index (χ2n) is 4.85. The summed E-state index contributed by atoms with van der Waals surface area (Å²) in [6.45, 7) is 6.88. The summed E-state index contributed by atoms with van der Waals surface area (Å²) in [6, 6.07) is 8.56. The van der Waals surface area contributed by atoms with E-state index in [1.54, 1.807) is 0 Å². The van der Waals surface area contributed by atoms with E-state index in [9.17, 15) is 5.11 Å². The van der Waals surface area contributed by atoms with Crippen LogP contribution < -0.4 is 0 Å². The molecule has 0 unspecified atom stereocenters. The Bertz CT molecular complexity index is 333. The van der Waals surface area contributed by atoms with Crippen molar-refractivity contribution in [1.82, 2.24) is 4.90 Å². The first-order chi connectivity index (χ1) is 7.67. The first kappa shape index (κ1) is 11.6. The molecule has 0 amide bonds. The van der Waals surface area contributed by atoms with Gasteiger partial charge in [-0.1, -0.05) is 38.1 Å². The molecule has 0 saturated heterocycles. The van der Waals surface area contributed by atoms with Crippen LogP contribution in [0.3, 0.4) is 0 Å². The van der Waals surface area contributed by atoms with E-state index >= 15 is 0 Å². The lowest BCUT2D eigenvalue weighted by molar-refractivity contribution is -0.00456. The zero-order valence-electron chi connectivity index (χ0n) is 10.2. The van der Waals surface area contributed by atoms with Crippen molar-refractivity contribution in [2.24, 2.45) is 0 Å². The van der Waals surface area contributed by atoms with Crippen molar-refractivity contribution < 1.29 is 5.11 Å². The van der Waals surface area contributed by atoms with E-state index < -0.39 is 5.60 Å². The van der Waals surface area contributed by atoms with E-state index in [2.05, 4.69) is 43.0 Å². The van der Waals surface area contributed by atoms with Gasteiger partial charge in [-0.25, -0.2) is 0 Å². The molecular formula is C14H21NO. The van der Waals surface area contributed by atoms with Crippen LogP contribution in [0.2, 0.25) is 0 Å². The molecular weight excluding hydrogens is 198 g/mol. The van der Waals surface area contributed by atoms with Crippen LogP contribution in [0.15, 0.2) is 24.3 Å². The molecule has 16 heavy (non-hydrogen) atoms. The molecule has 0 fully saturated rings. The molecule has 0 saturated carbocycles. The van der Waals surface area contributed by atoms with Crippen LogP contribution in [0.4, 0.5) is 0 Å². The van der Waals surface area contributed by atoms with Gasteiger partial charge in [0.25, 0.3) is 0 Å². The zero-order valence-corrected chi connectivity index (χ0v) is 10.2. The van der Waals surface area contributed by atoms with Crippen molar-refractivity contribution >= 4 is 0 Å². The minimum absolute atomic E-state index is 0.512. The van der Waals surface area contributed by atoms with Gasteiger partial charge in [0.1, 0.15) is 0 Å². The highest BCUT2D eigenvalue weighted by Gasteiger charge is 2.28. The Morgan fingerprint density at radius 1 is 1.12 bits per heavy atom. The Hall–Kier alpha value is -0.860. The molecule has 2 heteroatoms. The van der Waals surface area contributed by atoms with Crippen molar-refractivity contribution in [2.45, 2.75) is 45.4 Å². The minimum atomic E-state index is -0.512. The number of rotatable bonds is 4. The summed E-state index contributed by atoms with van der Waals surface area (Å²) in [7, 11) is 0. The van der Waals surface area contributed by atoms with Crippen molar-refractivity contribution in [3.63, 3.8) is 0 Å². The van der Waals surface area contributed by atoms with E-state index in [4.69, 9.17) is 0 Å². The first-order valence-electron chi connectivity index (χ1n) is 6.18. The molecule has 2 rings (SSSR count). The Labute approximate surface area is 97.9 Å². The third-order valence-electron chi connectivity index (χ3n) is 3.74. The van der Waals surface area contributed by atoms with Gasteiger partial charge in [0.05, 0.1) is 5.60 Å². The van der Waals surface area contributed by atoms with Crippen molar-refractivity contribution in [3.8, 4) is 0 Å². The summed E-state index contributed by atoms with van der Waals surface area (Å²) in [5.74, 6) is 0. The monoisotopic (exact) mass is 219 g/mol. The molecule has 1 aromatic carbocycles. The fourth-order valence-electron chi connectivity index (χ4n) is 2.41. The topological polar surface area (TPSA) is 23.5 Å². The maximum atomic E-state index is 10.3. The molecule has 0 spiro atoms. The van der Waals surface area contributed by atoms with E-state index in [0.717, 1.165) is 32.5 Å². The predicted molar refractivity (Wildman–Crippen MR) is 66.1 cm³/mol. The van der Waals surface area contributed by atoms with E-state index in [1.165, 1.54) is 11.1 Å². The summed E-state index contributed by atoms with van der Waals surface area (Å²) < 4.78 is 0. The van der Waals surface area contributed by atoms with Gasteiger partial charge in [-0.3, -0.25) is 4.90 Å². The molecule has 1 heterocycles. The highest BCUT2D eigenvalue weighted by molar-refractivity contribution is 5.30. The normalized spacial score (nSPS) is 16.4. The summed E-state index contributed by atoms with van der Waals surface area (Å²) in [5, 5.41) is 10.3. The zero-order chi connectivity index (χ0) is 11.6. The lowest BCUT2D eigenvalue weighted by Crippen LogP contribution is -2.40. The fraction of sp³-hybridized carbons (Fsp3) is 0.571. The van der Waals surface area contributed by atoms with Crippen molar-refractivity contribution in [1.29, 1.82) is 0 Å². The highest BCUT2D eigenvalue weighted by Crippen LogP contribution is 2.25. The predicted octanol–water partition coefficient (Wildman–Crippen LogP) is 2.55. The molecule has 1 aliphatic heterocycles. The van der Waals surface area contributed by atoms with Crippen LogP contribution in [-0.4, -0.2) is 22.2 Å². The molecule has 0 aliphatic carbocycles. The summed E-state index contributed by atoms with van der Waals surface area (Å²) >= 11 is 0. The largest absolute Gasteiger partial charge is 0.389 e. The average Bonchev–Trinajstić information content (AvgIpc) is 2.70. The number of hydrogen-bond acceptors (Lipinski definition) is 2. The number of benzene rings is 1. The SMILES string of the molecule is CCC(O)(CC)CN1Cc2ccccc2C1. The van der Waals surface area contributed by atoms with E-state index in [1.807, 2.05) is 0 Å². The third-order valence-corrected chi connectivity index (χ3v) is 3.74. The van der Waals surface area contributed by atoms with Crippen LogP contribution in [0.1, 0.15) is 37.8 Å². The first-order valence-corrected chi connectivity index (χ1v) is 6.18. The quantitative estimate of drug-likeness (QED) is 0.841. The van der Waals surface area contributed by atoms with Crippen LogP contribution >= 0.6 is 0 Å². The molecule has 1 aliphatic rings. The number of aliphatic hydroxyl groups is 1. The number of fused-ring (bicyclic) bond motifs is 1. The van der Waals surface area contributed by atoms with Gasteiger partial charge in [0, 0.05) is 19.6 Å². The molecule has 1 aromatic rings. The standard InChI is InChI=1S/C14H21NO/c1-3-14(16,4-2)11-15-9-12-7-5-6-8-13(12)10-15/h5-8,16H,3-4,9-11H2,1-2H3. The Kier molecular flexibility index (Phi) is 3.31. The van der Waals surface area contributed by atoms with Gasteiger partial charge < -0.3 is 5.11 Å². The Morgan fingerprint density at radius 2 is 1.62 bits per heavy atom. The average molecular weight is 219 g/mol. The fourth-order valence-corrected chi connectivity index (χ4v) is 2.41. The Morgan fingerprint density at radius 3 is 2.06 bits per heavy atom. The third kappa shape index (κ3) is 2.28. The van der Waals surface area contributed by atoms with Gasteiger partial charge in [-0.05, 0) is 24.0 Å². The summed E-state index contributed by atoms with van der Waals surface area (Å²) in [5.41, 5.74) is 2.32. The second-order valence-corrected chi connectivity index (χ2v) is 4.85. The van der Waals surface area contributed by atoms with Gasteiger partial charge in [0.2, 0.25) is 0 Å². The van der Waals surface area contributed by atoms with Crippen LogP contribution in [0, 0.1) is 0 Å². The smallest absolute Gasteiger partial charge is 0.0769 e. The van der Waals surface area contributed by atoms with E-state index in [-0.39, 0.29) is 0 Å². The molecule has 0 radical (unpaired) electrons. The molecule has 2 nitrogen and oxygen atoms in total. The number of hydrogen-bond donors (Lipinski definition) is 1. The molecule has 0 atom stereocenters. The van der Waals surface area contributed by atoms with Crippen LogP contribution in [0.25, 0.3) is 0 Å². The van der Waals surface area contributed by atoms with Crippen molar-refractivity contribution in [3.05, 3.63) is 35.4 Å². The maximum absolute atomic E-state index is 10.3. The van der Waals surface area contributed by atoms with Gasteiger partial charge in [-0.2, -0.15) is 0 Å². The maximum Gasteiger partial charge on any atom is 0.0769 e. The van der Waals surface area contributed by atoms with Gasteiger partial charge >= 0.3 is 0 Å². The van der Waals surface area contributed by atoms with E-state index in [0.29, 0.717) is 0 Å². The number of β-amino-alcohol motifs (C(OH)–C–C–N with tert-alkyl or cyclic N) is 1. The van der Waals surface area contributed by atoms with Gasteiger partial charge in [-0.15, -0.1) is 0 Å². The lowest BCUT2D eigenvalue weighted by atomic mass is 9.97. The van der Waals surface area contributed by atoms with Crippen molar-refractivity contribution in [2.75, 3.05) is 6.54 Å². The van der Waals surface area contributed by atoms with Gasteiger partial charge in [0.15, 0.2) is 0 Å². The van der Waals surface area contributed by atoms with Crippen LogP contribution in [0.5, 0.6) is 0 Å². The summed E-state index contributed by atoms with van der Waals surface area (Å²) in [4.78, 5) is 2.34. The minimum Gasteiger partial charge on any atom is -0.389 e.